The van der Waals surface area contributed by atoms with Crippen LogP contribution >= 0.6 is 0 Å². The smallest absolute Gasteiger partial charge is 0.242 e. The van der Waals surface area contributed by atoms with E-state index in [1.165, 1.54) is 25.5 Å². The molecule has 2 rings (SSSR count). The predicted octanol–water partition coefficient (Wildman–Crippen LogP) is 1.49. The van der Waals surface area contributed by atoms with Gasteiger partial charge in [-0.1, -0.05) is 19.3 Å². The minimum absolute atomic E-state index is 0.0642. The van der Waals surface area contributed by atoms with E-state index in [1.54, 1.807) is 19.1 Å². The fourth-order valence-corrected chi connectivity index (χ4v) is 2.94. The monoisotopic (exact) mass is 350 g/mol. The van der Waals surface area contributed by atoms with Crippen LogP contribution in [0.3, 0.4) is 0 Å². The molecule has 4 N–H and O–H groups in total. The van der Waals surface area contributed by atoms with Gasteiger partial charge in [0.15, 0.2) is 5.96 Å². The lowest BCUT2D eigenvalue weighted by molar-refractivity contribution is -0.120. The predicted molar refractivity (Wildman–Crippen MR) is 97.3 cm³/mol. The van der Waals surface area contributed by atoms with Gasteiger partial charge in [-0.2, -0.15) is 0 Å². The first-order valence-corrected chi connectivity index (χ1v) is 9.09. The van der Waals surface area contributed by atoms with Crippen LogP contribution in [0.2, 0.25) is 0 Å². The first-order valence-electron chi connectivity index (χ1n) is 9.09. The Hall–Kier alpha value is -2.02. The summed E-state index contributed by atoms with van der Waals surface area (Å²) < 4.78 is 5.26. The Labute approximate surface area is 149 Å². The normalized spacial score (nSPS) is 18.4. The van der Waals surface area contributed by atoms with E-state index in [0.29, 0.717) is 18.3 Å². The van der Waals surface area contributed by atoms with Gasteiger partial charge < -0.3 is 25.5 Å². The molecule has 7 nitrogen and oxygen atoms in total. The minimum Gasteiger partial charge on any atom is -0.466 e. The summed E-state index contributed by atoms with van der Waals surface area (Å²) in [5.41, 5.74) is -1.16. The molecule has 0 saturated heterocycles. The number of guanidine groups is 1. The Morgan fingerprint density at radius 3 is 2.76 bits per heavy atom. The van der Waals surface area contributed by atoms with Gasteiger partial charge in [-0.25, -0.2) is 4.99 Å². The van der Waals surface area contributed by atoms with Crippen LogP contribution in [0.15, 0.2) is 27.8 Å². The van der Waals surface area contributed by atoms with Crippen LogP contribution in [0, 0.1) is 0 Å². The van der Waals surface area contributed by atoms with Gasteiger partial charge in [0.25, 0.3) is 0 Å². The molecule has 1 saturated carbocycles. The van der Waals surface area contributed by atoms with Gasteiger partial charge in [0, 0.05) is 12.6 Å². The Kier molecular flexibility index (Phi) is 7.31. The highest BCUT2D eigenvalue weighted by Gasteiger charge is 2.26. The summed E-state index contributed by atoms with van der Waals surface area (Å²) in [5, 5.41) is 19.6. The number of furan rings is 1. The molecule has 1 aliphatic rings. The quantitative estimate of drug-likeness (QED) is 0.441. The fourth-order valence-electron chi connectivity index (χ4n) is 2.94. The van der Waals surface area contributed by atoms with E-state index in [1.807, 2.05) is 6.92 Å². The maximum absolute atomic E-state index is 12.1. The number of carbonyl (C=O) groups is 1. The van der Waals surface area contributed by atoms with Gasteiger partial charge in [-0.3, -0.25) is 4.79 Å². The van der Waals surface area contributed by atoms with E-state index in [2.05, 4.69) is 20.9 Å². The van der Waals surface area contributed by atoms with Crippen LogP contribution in [0.25, 0.3) is 0 Å². The van der Waals surface area contributed by atoms with E-state index >= 15 is 0 Å². The van der Waals surface area contributed by atoms with Crippen LogP contribution in [0.1, 0.15) is 51.7 Å². The molecule has 1 aromatic rings. The van der Waals surface area contributed by atoms with E-state index < -0.39 is 5.60 Å². The Morgan fingerprint density at radius 2 is 2.12 bits per heavy atom. The molecule has 0 bridgehead atoms. The van der Waals surface area contributed by atoms with Crippen molar-refractivity contribution in [2.75, 3.05) is 19.6 Å². The lowest BCUT2D eigenvalue weighted by atomic mass is 9.95. The molecule has 0 aliphatic heterocycles. The summed E-state index contributed by atoms with van der Waals surface area (Å²) in [6.45, 7) is 4.56. The third kappa shape index (κ3) is 6.42. The van der Waals surface area contributed by atoms with Crippen LogP contribution in [0.4, 0.5) is 0 Å². The Morgan fingerprint density at radius 1 is 1.36 bits per heavy atom. The highest BCUT2D eigenvalue weighted by Crippen LogP contribution is 2.19. The summed E-state index contributed by atoms with van der Waals surface area (Å²) in [6.07, 6.45) is 7.26. The molecule has 1 aliphatic carbocycles. The largest absolute Gasteiger partial charge is 0.466 e. The number of hydrogen-bond donors (Lipinski definition) is 4. The molecular weight excluding hydrogens is 320 g/mol. The van der Waals surface area contributed by atoms with Crippen LogP contribution < -0.4 is 16.0 Å². The van der Waals surface area contributed by atoms with Gasteiger partial charge in [-0.15, -0.1) is 0 Å². The molecule has 7 heteroatoms. The van der Waals surface area contributed by atoms with Gasteiger partial charge in [0.05, 0.1) is 12.8 Å². The summed E-state index contributed by atoms with van der Waals surface area (Å²) in [7, 11) is 0. The van der Waals surface area contributed by atoms with Gasteiger partial charge >= 0.3 is 0 Å². The van der Waals surface area contributed by atoms with Crippen molar-refractivity contribution >= 4 is 11.9 Å². The minimum atomic E-state index is -1.16. The zero-order chi connectivity index (χ0) is 18.1. The highest BCUT2D eigenvalue weighted by atomic mass is 16.4. The van der Waals surface area contributed by atoms with Crippen molar-refractivity contribution in [1.82, 2.24) is 16.0 Å². The maximum atomic E-state index is 12.1. The molecular formula is C18H30N4O3. The SMILES string of the molecule is CCNC(=NCC(=O)NC1CCCCC1)NCC(C)(O)c1ccco1. The number of carbonyl (C=O) groups excluding carboxylic acids is 1. The van der Waals surface area contributed by atoms with Crippen LogP contribution in [-0.2, 0) is 10.4 Å². The molecule has 140 valence electrons. The van der Waals surface area contributed by atoms with Crippen molar-refractivity contribution in [2.24, 2.45) is 4.99 Å². The molecule has 1 unspecified atom stereocenters. The summed E-state index contributed by atoms with van der Waals surface area (Å²) in [6, 6.07) is 3.74. The topological polar surface area (TPSA) is 98.9 Å². The number of hydrogen-bond acceptors (Lipinski definition) is 4. The number of aliphatic hydroxyl groups is 1. The van der Waals surface area contributed by atoms with Crippen molar-refractivity contribution in [2.45, 2.75) is 57.6 Å². The average Bonchev–Trinajstić information content (AvgIpc) is 3.14. The third-order valence-corrected chi connectivity index (χ3v) is 4.35. The Balaban J connectivity index is 1.83. The van der Waals surface area contributed by atoms with Gasteiger partial charge in [-0.05, 0) is 38.8 Å². The number of rotatable bonds is 7. The van der Waals surface area contributed by atoms with E-state index in [9.17, 15) is 9.90 Å². The van der Waals surface area contributed by atoms with Crippen LogP contribution in [0.5, 0.6) is 0 Å². The van der Waals surface area contributed by atoms with E-state index in [4.69, 9.17) is 4.42 Å². The maximum Gasteiger partial charge on any atom is 0.242 e. The standard InChI is InChI=1S/C18H30N4O3/c1-3-19-17(21-13-18(2,24)15-10-7-11-25-15)20-12-16(23)22-14-8-5-4-6-9-14/h7,10-11,14,24H,3-6,8-9,12-13H2,1-2H3,(H,22,23)(H2,19,20,21). The first-order chi connectivity index (χ1) is 12.0. The summed E-state index contributed by atoms with van der Waals surface area (Å²) >= 11 is 0. The lowest BCUT2D eigenvalue weighted by Crippen LogP contribution is -2.45. The van der Waals surface area contributed by atoms with Crippen molar-refractivity contribution < 1.29 is 14.3 Å². The zero-order valence-corrected chi connectivity index (χ0v) is 15.2. The molecule has 1 amide bonds. The number of nitrogens with one attached hydrogen (secondary N) is 3. The fraction of sp³-hybridized carbons (Fsp3) is 0.667. The number of aliphatic imine (C=N–C) groups is 1. The lowest BCUT2D eigenvalue weighted by Gasteiger charge is -2.23. The Bertz CT molecular complexity index is 549. The van der Waals surface area contributed by atoms with Crippen molar-refractivity contribution in [3.8, 4) is 0 Å². The van der Waals surface area contributed by atoms with Gasteiger partial charge in [0.1, 0.15) is 17.9 Å². The van der Waals surface area contributed by atoms with Crippen molar-refractivity contribution in [3.63, 3.8) is 0 Å². The number of nitrogens with zero attached hydrogens (tertiary/aromatic N) is 1. The zero-order valence-electron chi connectivity index (χ0n) is 15.2. The second kappa shape index (κ2) is 9.46. The molecule has 1 heterocycles. The van der Waals surface area contributed by atoms with Crippen molar-refractivity contribution in [3.05, 3.63) is 24.2 Å². The highest BCUT2D eigenvalue weighted by molar-refractivity contribution is 5.85. The summed E-state index contributed by atoms with van der Waals surface area (Å²) in [5.74, 6) is 0.904. The molecule has 1 atom stereocenters. The molecule has 0 spiro atoms. The molecule has 1 fully saturated rings. The molecule has 0 radical (unpaired) electrons. The van der Waals surface area contributed by atoms with E-state index in [0.717, 1.165) is 12.8 Å². The average molecular weight is 350 g/mol. The van der Waals surface area contributed by atoms with Crippen LogP contribution in [-0.4, -0.2) is 42.6 Å². The van der Waals surface area contributed by atoms with Crippen molar-refractivity contribution in [1.29, 1.82) is 0 Å². The third-order valence-electron chi connectivity index (χ3n) is 4.35. The van der Waals surface area contributed by atoms with E-state index in [-0.39, 0.29) is 25.0 Å². The second-order valence-corrected chi connectivity index (χ2v) is 6.70. The molecule has 25 heavy (non-hydrogen) atoms. The van der Waals surface area contributed by atoms with Gasteiger partial charge in [0.2, 0.25) is 5.91 Å². The number of amides is 1. The second-order valence-electron chi connectivity index (χ2n) is 6.70. The summed E-state index contributed by atoms with van der Waals surface area (Å²) in [4.78, 5) is 16.4. The molecule has 0 aromatic carbocycles. The molecule has 1 aromatic heterocycles. The first kappa shape index (κ1) is 19.3.